The van der Waals surface area contributed by atoms with Crippen LogP contribution in [0.1, 0.15) is 26.7 Å². The molecule has 1 aliphatic rings. The topological polar surface area (TPSA) is 56.1 Å². The summed E-state index contributed by atoms with van der Waals surface area (Å²) in [5.74, 6) is 1.49. The maximum Gasteiger partial charge on any atom is 0.293 e. The molecule has 0 atom stereocenters. The highest BCUT2D eigenvalue weighted by Crippen LogP contribution is 2.14. The summed E-state index contributed by atoms with van der Waals surface area (Å²) < 4.78 is 7.06. The fourth-order valence-electron chi connectivity index (χ4n) is 2.30. The van der Waals surface area contributed by atoms with Gasteiger partial charge in [0.2, 0.25) is 0 Å². The lowest BCUT2D eigenvalue weighted by molar-refractivity contribution is 0.0699. The first-order chi connectivity index (χ1) is 9.16. The van der Waals surface area contributed by atoms with Crippen LogP contribution in [0.2, 0.25) is 0 Å². The Morgan fingerprint density at radius 3 is 2.89 bits per heavy atom. The highest BCUT2D eigenvalue weighted by molar-refractivity contribution is 5.30. The lowest BCUT2D eigenvalue weighted by atomic mass is 10.0. The molecule has 1 aliphatic heterocycles. The van der Waals surface area contributed by atoms with Crippen molar-refractivity contribution in [2.75, 3.05) is 25.1 Å². The zero-order valence-electron chi connectivity index (χ0n) is 11.8. The van der Waals surface area contributed by atoms with Crippen LogP contribution in [0.4, 0.5) is 5.82 Å². The largest absolute Gasteiger partial charge is 0.381 e. The molecule has 0 spiro atoms. The van der Waals surface area contributed by atoms with Crippen LogP contribution in [0.15, 0.2) is 17.2 Å². The van der Waals surface area contributed by atoms with E-state index in [1.807, 2.05) is 0 Å². The van der Waals surface area contributed by atoms with Crippen molar-refractivity contribution in [1.82, 2.24) is 9.55 Å². The van der Waals surface area contributed by atoms with E-state index in [1.54, 1.807) is 17.0 Å². The molecule has 0 aliphatic carbocycles. The van der Waals surface area contributed by atoms with Crippen molar-refractivity contribution in [2.24, 2.45) is 11.8 Å². The van der Waals surface area contributed by atoms with Crippen LogP contribution in [0, 0.1) is 11.8 Å². The first-order valence-electron chi connectivity index (χ1n) is 7.04. The molecule has 5 heteroatoms. The molecule has 106 valence electrons. The zero-order chi connectivity index (χ0) is 13.7. The van der Waals surface area contributed by atoms with Crippen molar-refractivity contribution in [3.05, 3.63) is 22.7 Å². The Hall–Kier alpha value is -1.36. The van der Waals surface area contributed by atoms with Gasteiger partial charge in [-0.2, -0.15) is 0 Å². The normalized spacial score (nSPS) is 16.8. The summed E-state index contributed by atoms with van der Waals surface area (Å²) >= 11 is 0. The van der Waals surface area contributed by atoms with Crippen LogP contribution in [0.25, 0.3) is 0 Å². The monoisotopic (exact) mass is 265 g/mol. The number of nitrogens with zero attached hydrogens (tertiary/aromatic N) is 2. The molecule has 0 aromatic carbocycles. The van der Waals surface area contributed by atoms with Crippen LogP contribution in [-0.2, 0) is 11.3 Å². The predicted molar refractivity (Wildman–Crippen MR) is 75.4 cm³/mol. The van der Waals surface area contributed by atoms with Gasteiger partial charge in [-0.1, -0.05) is 13.8 Å². The van der Waals surface area contributed by atoms with Gasteiger partial charge >= 0.3 is 0 Å². The lowest BCUT2D eigenvalue weighted by Gasteiger charge is -2.22. The van der Waals surface area contributed by atoms with Crippen molar-refractivity contribution in [2.45, 2.75) is 33.2 Å². The van der Waals surface area contributed by atoms with E-state index in [1.165, 1.54) is 0 Å². The number of hydrogen-bond acceptors (Lipinski definition) is 4. The Morgan fingerprint density at radius 1 is 1.47 bits per heavy atom. The first kappa shape index (κ1) is 14.1. The Morgan fingerprint density at radius 2 is 2.21 bits per heavy atom. The van der Waals surface area contributed by atoms with Crippen LogP contribution in [0.5, 0.6) is 0 Å². The van der Waals surface area contributed by atoms with Gasteiger partial charge in [-0.25, -0.2) is 4.98 Å². The number of anilines is 1. The Balaban J connectivity index is 1.97. The zero-order valence-corrected chi connectivity index (χ0v) is 11.8. The fourth-order valence-corrected chi connectivity index (χ4v) is 2.30. The second-order valence-electron chi connectivity index (χ2n) is 5.56. The quantitative estimate of drug-likeness (QED) is 0.881. The predicted octanol–water partition coefficient (Wildman–Crippen LogP) is 1.74. The molecule has 5 nitrogen and oxygen atoms in total. The summed E-state index contributed by atoms with van der Waals surface area (Å²) in [6.07, 6.45) is 5.55. The van der Waals surface area contributed by atoms with Crippen LogP contribution < -0.4 is 10.9 Å². The van der Waals surface area contributed by atoms with Crippen molar-refractivity contribution in [3.63, 3.8) is 0 Å². The van der Waals surface area contributed by atoms with Gasteiger partial charge in [-0.3, -0.25) is 4.79 Å². The molecule has 2 heterocycles. The van der Waals surface area contributed by atoms with Gasteiger partial charge in [-0.05, 0) is 24.7 Å². The minimum absolute atomic E-state index is 0.0248. The summed E-state index contributed by atoms with van der Waals surface area (Å²) in [6, 6.07) is 0. The third-order valence-electron chi connectivity index (χ3n) is 3.37. The van der Waals surface area contributed by atoms with E-state index in [0.29, 0.717) is 17.7 Å². The minimum Gasteiger partial charge on any atom is -0.381 e. The Bertz CT molecular complexity index is 450. The Kier molecular flexibility index (Phi) is 4.96. The van der Waals surface area contributed by atoms with Gasteiger partial charge in [0.05, 0.1) is 0 Å². The summed E-state index contributed by atoms with van der Waals surface area (Å²) in [7, 11) is 0. The van der Waals surface area contributed by atoms with Gasteiger partial charge in [0.1, 0.15) is 0 Å². The summed E-state index contributed by atoms with van der Waals surface area (Å²) in [4.78, 5) is 16.3. The second-order valence-corrected chi connectivity index (χ2v) is 5.56. The van der Waals surface area contributed by atoms with Crippen LogP contribution >= 0.6 is 0 Å². The number of rotatable bonds is 5. The van der Waals surface area contributed by atoms with Gasteiger partial charge in [-0.15, -0.1) is 0 Å². The number of hydrogen-bond donors (Lipinski definition) is 1. The lowest BCUT2D eigenvalue weighted by Crippen LogP contribution is -2.29. The van der Waals surface area contributed by atoms with Gasteiger partial charge in [0.15, 0.2) is 5.82 Å². The van der Waals surface area contributed by atoms with E-state index in [4.69, 9.17) is 4.74 Å². The van der Waals surface area contributed by atoms with E-state index < -0.39 is 0 Å². The van der Waals surface area contributed by atoms with E-state index in [0.717, 1.165) is 39.1 Å². The molecule has 0 saturated carbocycles. The summed E-state index contributed by atoms with van der Waals surface area (Å²) in [5.41, 5.74) is -0.0248. The third-order valence-corrected chi connectivity index (χ3v) is 3.37. The molecule has 1 aromatic rings. The molecular weight excluding hydrogens is 242 g/mol. The molecule has 1 saturated heterocycles. The average Bonchev–Trinajstić information content (AvgIpc) is 2.40. The highest BCUT2D eigenvalue weighted by Gasteiger charge is 2.14. The average molecular weight is 265 g/mol. The minimum atomic E-state index is -0.0248. The molecule has 1 fully saturated rings. The molecule has 0 bridgehead atoms. The van der Waals surface area contributed by atoms with E-state index >= 15 is 0 Å². The van der Waals surface area contributed by atoms with Gasteiger partial charge in [0.25, 0.3) is 5.56 Å². The number of nitrogens with one attached hydrogen (secondary N) is 1. The molecule has 0 radical (unpaired) electrons. The summed E-state index contributed by atoms with van der Waals surface area (Å²) in [5, 5.41) is 3.20. The SMILES string of the molecule is CC(C)Cn1ccnc(NCC2CCOCC2)c1=O. The Labute approximate surface area is 114 Å². The molecule has 1 aromatic heterocycles. The molecule has 2 rings (SSSR count). The van der Waals surface area contributed by atoms with E-state index in [-0.39, 0.29) is 5.56 Å². The van der Waals surface area contributed by atoms with Gasteiger partial charge < -0.3 is 14.6 Å². The summed E-state index contributed by atoms with van der Waals surface area (Å²) in [6.45, 7) is 7.38. The van der Waals surface area contributed by atoms with Gasteiger partial charge in [0, 0.05) is 38.7 Å². The number of ether oxygens (including phenoxy) is 1. The van der Waals surface area contributed by atoms with Crippen molar-refractivity contribution in [1.29, 1.82) is 0 Å². The number of aromatic nitrogens is 2. The highest BCUT2D eigenvalue weighted by atomic mass is 16.5. The first-order valence-corrected chi connectivity index (χ1v) is 7.04. The van der Waals surface area contributed by atoms with Crippen molar-refractivity contribution in [3.8, 4) is 0 Å². The van der Waals surface area contributed by atoms with E-state index in [9.17, 15) is 4.79 Å². The van der Waals surface area contributed by atoms with Crippen molar-refractivity contribution < 1.29 is 4.74 Å². The smallest absolute Gasteiger partial charge is 0.293 e. The maximum absolute atomic E-state index is 12.2. The molecule has 1 N–H and O–H groups in total. The third kappa shape index (κ3) is 4.06. The molecular formula is C14H23N3O2. The second kappa shape index (κ2) is 6.70. The van der Waals surface area contributed by atoms with Crippen LogP contribution in [-0.4, -0.2) is 29.3 Å². The molecule has 0 amide bonds. The standard InChI is InChI=1S/C14H23N3O2/c1-11(2)10-17-6-5-15-13(14(17)18)16-9-12-3-7-19-8-4-12/h5-6,11-12H,3-4,7-10H2,1-2H3,(H,15,16). The van der Waals surface area contributed by atoms with Crippen molar-refractivity contribution >= 4 is 5.82 Å². The van der Waals surface area contributed by atoms with E-state index in [2.05, 4.69) is 24.1 Å². The molecule has 0 unspecified atom stereocenters. The van der Waals surface area contributed by atoms with Crippen LogP contribution in [0.3, 0.4) is 0 Å². The maximum atomic E-state index is 12.2. The molecule has 19 heavy (non-hydrogen) atoms. The fraction of sp³-hybridized carbons (Fsp3) is 0.714.